The Balaban J connectivity index is 1.75. The molecule has 1 atom stereocenters. The van der Waals surface area contributed by atoms with Gasteiger partial charge in [-0.05, 0) is 107 Å². The standard InChI is InChI=1S/C56H73NP2/c1-51(2,3)39-32-41(53(7,8)9)48(42(33-39)54(10,11)12)58-47(37-26-21-19-22-27-37)45-30-25-31-46(57-45)49(38-28-23-20-24-29-38)59(18)36-56(16,17)44-35-40(52(4,5)6)34-43(50(44)59)55(13,14)15/h19-35H,36H2,1-18H3. The highest BCUT2D eigenvalue weighted by atomic mass is 31.2. The Morgan fingerprint density at radius 3 is 1.44 bits per heavy atom. The zero-order valence-corrected chi connectivity index (χ0v) is 41.7. The highest BCUT2D eigenvalue weighted by molar-refractivity contribution is 7.83. The molecule has 0 aliphatic carbocycles. The topological polar surface area (TPSA) is 12.9 Å². The van der Waals surface area contributed by atoms with Gasteiger partial charge in [-0.1, -0.05) is 224 Å². The van der Waals surface area contributed by atoms with Gasteiger partial charge in [-0.25, -0.2) is 4.98 Å². The normalized spacial score (nSPS) is 17.6. The van der Waals surface area contributed by atoms with E-state index in [4.69, 9.17) is 4.98 Å². The van der Waals surface area contributed by atoms with Gasteiger partial charge in [0.25, 0.3) is 0 Å². The minimum atomic E-state index is -2.02. The van der Waals surface area contributed by atoms with Crippen molar-refractivity contribution in [2.24, 2.45) is 0 Å². The number of fused-ring (bicyclic) bond motifs is 1. The van der Waals surface area contributed by atoms with Crippen molar-refractivity contribution in [1.82, 2.24) is 4.98 Å². The Morgan fingerprint density at radius 2 is 0.966 bits per heavy atom. The van der Waals surface area contributed by atoms with E-state index in [1.165, 1.54) is 68.6 Å². The van der Waals surface area contributed by atoms with Crippen LogP contribution in [0, 0.1) is 0 Å². The molecule has 0 N–H and O–H groups in total. The quantitative estimate of drug-likeness (QED) is 0.161. The zero-order valence-electron chi connectivity index (χ0n) is 39.9. The van der Waals surface area contributed by atoms with Gasteiger partial charge < -0.3 is 0 Å². The Morgan fingerprint density at radius 1 is 0.525 bits per heavy atom. The van der Waals surface area contributed by atoms with Crippen LogP contribution in [0.15, 0.2) is 103 Å². The monoisotopic (exact) mass is 822 g/mol. The summed E-state index contributed by atoms with van der Waals surface area (Å²) in [6.45, 7) is 41.2. The van der Waals surface area contributed by atoms with E-state index in [1.54, 1.807) is 5.30 Å². The molecule has 0 radical (unpaired) electrons. The molecule has 1 aliphatic heterocycles. The molecular formula is C56H73NP2. The molecule has 0 saturated carbocycles. The van der Waals surface area contributed by atoms with Gasteiger partial charge in [0.1, 0.15) is 0 Å². The minimum absolute atomic E-state index is 0.0165. The van der Waals surface area contributed by atoms with E-state index in [0.29, 0.717) is 0 Å². The summed E-state index contributed by atoms with van der Waals surface area (Å²) in [6.07, 6.45) is 1.11. The predicted molar refractivity (Wildman–Crippen MR) is 267 cm³/mol. The Bertz CT molecular complexity index is 2410. The van der Waals surface area contributed by atoms with Gasteiger partial charge in [-0.2, -0.15) is 0 Å². The number of nitrogens with zero attached hydrogens (tertiary/aromatic N) is 1. The second-order valence-electron chi connectivity index (χ2n) is 23.3. The maximum absolute atomic E-state index is 5.87. The summed E-state index contributed by atoms with van der Waals surface area (Å²) in [5.74, 6) is 0. The number of rotatable bonds is 5. The van der Waals surface area contributed by atoms with Gasteiger partial charge >= 0.3 is 0 Å². The van der Waals surface area contributed by atoms with Crippen LogP contribution in [0.5, 0.6) is 0 Å². The number of benzene rings is 4. The fourth-order valence-electron chi connectivity index (χ4n) is 9.12. The molecule has 3 heteroatoms. The van der Waals surface area contributed by atoms with Crippen molar-refractivity contribution in [3.05, 3.63) is 159 Å². The van der Waals surface area contributed by atoms with Crippen molar-refractivity contribution in [3.63, 3.8) is 0 Å². The van der Waals surface area contributed by atoms with Crippen LogP contribution in [-0.4, -0.2) is 28.4 Å². The lowest BCUT2D eigenvalue weighted by Crippen LogP contribution is -2.30. The Kier molecular flexibility index (Phi) is 11.8. The summed E-state index contributed by atoms with van der Waals surface area (Å²) >= 11 is 0. The molecule has 1 nitrogen and oxygen atoms in total. The first-order valence-electron chi connectivity index (χ1n) is 21.8. The van der Waals surface area contributed by atoms with Gasteiger partial charge in [0.05, 0.1) is 11.4 Å². The van der Waals surface area contributed by atoms with Gasteiger partial charge in [0.15, 0.2) is 0 Å². The first kappa shape index (κ1) is 45.0. The van der Waals surface area contributed by atoms with Gasteiger partial charge in [-0.15, -0.1) is 0 Å². The second-order valence-corrected chi connectivity index (χ2v) is 28.0. The van der Waals surface area contributed by atoms with E-state index in [1.807, 2.05) is 0 Å². The molecule has 2 heterocycles. The first-order valence-corrected chi connectivity index (χ1v) is 25.1. The van der Waals surface area contributed by atoms with Gasteiger partial charge in [-0.3, -0.25) is 0 Å². The lowest BCUT2D eigenvalue weighted by molar-refractivity contribution is 0.554. The van der Waals surface area contributed by atoms with Crippen molar-refractivity contribution in [3.8, 4) is 0 Å². The third-order valence-electron chi connectivity index (χ3n) is 12.4. The molecule has 0 spiro atoms. The molecule has 1 unspecified atom stereocenters. The summed E-state index contributed by atoms with van der Waals surface area (Å²) in [5, 5.41) is 5.68. The molecule has 0 fully saturated rings. The molecule has 4 aromatic carbocycles. The van der Waals surface area contributed by atoms with E-state index >= 15 is 0 Å². The zero-order chi connectivity index (χ0) is 43.7. The fraction of sp³-hybridized carbons (Fsp3) is 0.446. The van der Waals surface area contributed by atoms with Crippen molar-refractivity contribution in [1.29, 1.82) is 0 Å². The van der Waals surface area contributed by atoms with Crippen molar-refractivity contribution >= 4 is 36.3 Å². The lowest BCUT2D eigenvalue weighted by Gasteiger charge is -2.33. The maximum Gasteiger partial charge on any atom is 0.0761 e. The number of hydrogen-bond donors (Lipinski definition) is 0. The van der Waals surface area contributed by atoms with Crippen LogP contribution in [0.2, 0.25) is 0 Å². The Labute approximate surface area is 361 Å². The lowest BCUT2D eigenvalue weighted by atomic mass is 9.75. The van der Waals surface area contributed by atoms with Crippen LogP contribution in [0.4, 0.5) is 0 Å². The molecule has 312 valence electrons. The highest BCUT2D eigenvalue weighted by Gasteiger charge is 2.45. The van der Waals surface area contributed by atoms with Crippen LogP contribution >= 0.6 is 15.1 Å². The smallest absolute Gasteiger partial charge is 0.0761 e. The molecule has 5 aromatic rings. The summed E-state index contributed by atoms with van der Waals surface area (Å²) < 4.78 is 0. The molecule has 0 amide bonds. The predicted octanol–water partition coefficient (Wildman–Crippen LogP) is 14.2. The molecule has 59 heavy (non-hydrogen) atoms. The molecule has 0 saturated heterocycles. The van der Waals surface area contributed by atoms with Crippen LogP contribution in [0.3, 0.4) is 0 Å². The number of pyridine rings is 1. The number of aromatic nitrogens is 1. The largest absolute Gasteiger partial charge is 0.247 e. The fourth-order valence-corrected chi connectivity index (χ4v) is 16.4. The SMILES string of the molecule is CC(C)(C)c1cc(C(C)(C)C)c(P=C(c2ccccc2)c2cccc(C(c3ccccc3)=P3(C)CC(C)(C)c4cc(C(C)(C)C)cc(C(C)(C)C)c43)n2)c(C(C)(C)C)c1. The average Bonchev–Trinajstić information content (AvgIpc) is 3.33. The van der Waals surface area contributed by atoms with Crippen LogP contribution in [0.25, 0.3) is 0 Å². The summed E-state index contributed by atoms with van der Waals surface area (Å²) in [4.78, 5) is 5.87. The average molecular weight is 822 g/mol. The van der Waals surface area contributed by atoms with Crippen LogP contribution < -0.4 is 10.6 Å². The van der Waals surface area contributed by atoms with E-state index in [0.717, 1.165) is 17.5 Å². The van der Waals surface area contributed by atoms with Crippen LogP contribution in [-0.2, 0) is 32.5 Å². The van der Waals surface area contributed by atoms with E-state index in [2.05, 4.69) is 227 Å². The summed E-state index contributed by atoms with van der Waals surface area (Å²) in [7, 11) is 1.18. The maximum atomic E-state index is 5.87. The van der Waals surface area contributed by atoms with Crippen molar-refractivity contribution < 1.29 is 0 Å². The van der Waals surface area contributed by atoms with Gasteiger partial charge in [0.2, 0.25) is 0 Å². The van der Waals surface area contributed by atoms with Crippen molar-refractivity contribution in [2.75, 3.05) is 12.8 Å². The van der Waals surface area contributed by atoms with E-state index in [-0.39, 0.29) is 32.5 Å². The van der Waals surface area contributed by atoms with Gasteiger partial charge in [0, 0.05) is 15.9 Å². The number of hydrogen-bond acceptors (Lipinski definition) is 1. The summed E-state index contributed by atoms with van der Waals surface area (Å²) in [6, 6.07) is 39.3. The third kappa shape index (κ3) is 9.10. The molecular weight excluding hydrogens is 749 g/mol. The summed E-state index contributed by atoms with van der Waals surface area (Å²) in [5.41, 5.74) is 13.4. The third-order valence-corrected chi connectivity index (χ3v) is 18.1. The molecule has 6 rings (SSSR count). The van der Waals surface area contributed by atoms with E-state index in [9.17, 15) is 0 Å². The minimum Gasteiger partial charge on any atom is -0.247 e. The molecule has 1 aliphatic rings. The molecule has 1 aromatic heterocycles. The first-order chi connectivity index (χ1) is 27.0. The van der Waals surface area contributed by atoms with Crippen molar-refractivity contribution in [2.45, 2.75) is 150 Å². The Hall–Kier alpha value is -3.50. The van der Waals surface area contributed by atoms with Crippen LogP contribution in [0.1, 0.15) is 174 Å². The second kappa shape index (κ2) is 15.4. The molecule has 0 bridgehead atoms. The highest BCUT2D eigenvalue weighted by Crippen LogP contribution is 2.60. The van der Waals surface area contributed by atoms with E-state index < -0.39 is 6.89 Å².